The average Bonchev–Trinajstić information content (AvgIpc) is 2.97. The fraction of sp³-hybridized carbons (Fsp3) is 0.571. The molecule has 168 valence electrons. The molecular weight excluding hydrogens is 497 g/mol. The van der Waals surface area contributed by atoms with E-state index in [1.54, 1.807) is 38.4 Å². The van der Waals surface area contributed by atoms with Gasteiger partial charge in [-0.15, -0.1) is 24.0 Å². The molecule has 1 aliphatic heterocycles. The standard InChI is InChI=1S/C21H33N5O3.HI/c1-22-21(24-12-15-25(2)13-8-16-29-3)23-11-6-7-14-26-19(27)17-9-4-5-10-18(17)20(26)28;/h4-5,9-10H,6-8,11-16H2,1-3H3,(H2,22,23,24);1H. The van der Waals surface area contributed by atoms with Gasteiger partial charge >= 0.3 is 0 Å². The molecule has 0 bridgehead atoms. The Bertz CT molecular complexity index is 679. The molecule has 0 spiro atoms. The SMILES string of the molecule is CN=C(NCCCCN1C(=O)c2ccccc2C1=O)NCCN(C)CCCOC.I. The van der Waals surface area contributed by atoms with Crippen LogP contribution in [-0.2, 0) is 4.74 Å². The van der Waals surface area contributed by atoms with Crippen LogP contribution in [0, 0.1) is 0 Å². The van der Waals surface area contributed by atoms with Crippen molar-refractivity contribution in [3.8, 4) is 0 Å². The summed E-state index contributed by atoms with van der Waals surface area (Å²) in [5, 5.41) is 6.57. The molecule has 8 nitrogen and oxygen atoms in total. The lowest BCUT2D eigenvalue weighted by Crippen LogP contribution is -2.41. The van der Waals surface area contributed by atoms with Gasteiger partial charge in [0.2, 0.25) is 0 Å². The van der Waals surface area contributed by atoms with E-state index in [1.807, 2.05) is 0 Å². The van der Waals surface area contributed by atoms with Crippen molar-refractivity contribution >= 4 is 41.8 Å². The molecule has 1 aromatic carbocycles. The number of rotatable bonds is 12. The third-order valence-electron chi connectivity index (χ3n) is 4.88. The summed E-state index contributed by atoms with van der Waals surface area (Å²) in [5.74, 6) is 0.382. The normalized spacial score (nSPS) is 13.5. The van der Waals surface area contributed by atoms with Crippen LogP contribution in [0.2, 0.25) is 0 Å². The first-order chi connectivity index (χ1) is 14.1. The number of hydrogen-bond acceptors (Lipinski definition) is 5. The van der Waals surface area contributed by atoms with Gasteiger partial charge < -0.3 is 20.3 Å². The second-order valence-corrected chi connectivity index (χ2v) is 7.09. The Morgan fingerprint density at radius 1 is 1.03 bits per heavy atom. The molecule has 2 amide bonds. The average molecular weight is 531 g/mol. The predicted octanol–water partition coefficient (Wildman–Crippen LogP) is 1.81. The highest BCUT2D eigenvalue weighted by molar-refractivity contribution is 14.0. The number of carbonyl (C=O) groups is 2. The van der Waals surface area contributed by atoms with Crippen LogP contribution in [0.1, 0.15) is 40.0 Å². The summed E-state index contributed by atoms with van der Waals surface area (Å²) in [5.41, 5.74) is 1.01. The molecule has 0 saturated heterocycles. The van der Waals surface area contributed by atoms with E-state index in [0.717, 1.165) is 58.0 Å². The zero-order valence-electron chi connectivity index (χ0n) is 18.1. The van der Waals surface area contributed by atoms with E-state index in [4.69, 9.17) is 4.74 Å². The van der Waals surface area contributed by atoms with Crippen LogP contribution in [0.15, 0.2) is 29.3 Å². The van der Waals surface area contributed by atoms with E-state index in [-0.39, 0.29) is 35.8 Å². The molecule has 0 atom stereocenters. The molecule has 1 aliphatic rings. The number of guanidine groups is 1. The Morgan fingerprint density at radius 3 is 2.27 bits per heavy atom. The van der Waals surface area contributed by atoms with Crippen molar-refractivity contribution in [3.63, 3.8) is 0 Å². The van der Waals surface area contributed by atoms with Gasteiger partial charge in [-0.05, 0) is 38.4 Å². The highest BCUT2D eigenvalue weighted by Crippen LogP contribution is 2.22. The Balaban J connectivity index is 0.00000450. The number of nitrogens with zero attached hydrogens (tertiary/aromatic N) is 3. The molecule has 1 heterocycles. The number of likely N-dealkylation sites (N-methyl/N-ethyl adjacent to an activating group) is 1. The highest BCUT2D eigenvalue weighted by atomic mass is 127. The molecule has 0 aromatic heterocycles. The monoisotopic (exact) mass is 531 g/mol. The lowest BCUT2D eigenvalue weighted by Gasteiger charge is -2.18. The Labute approximate surface area is 196 Å². The van der Waals surface area contributed by atoms with Crippen LogP contribution in [0.4, 0.5) is 0 Å². The minimum atomic E-state index is -0.189. The zero-order valence-corrected chi connectivity index (χ0v) is 20.5. The van der Waals surface area contributed by atoms with Gasteiger partial charge in [-0.3, -0.25) is 19.5 Å². The van der Waals surface area contributed by atoms with E-state index in [2.05, 4.69) is 27.6 Å². The van der Waals surface area contributed by atoms with Crippen molar-refractivity contribution in [3.05, 3.63) is 35.4 Å². The van der Waals surface area contributed by atoms with Crippen molar-refractivity contribution in [1.29, 1.82) is 0 Å². The molecule has 2 N–H and O–H groups in total. The first kappa shape index (κ1) is 26.3. The van der Waals surface area contributed by atoms with Gasteiger partial charge in [0.25, 0.3) is 11.8 Å². The maximum absolute atomic E-state index is 12.3. The number of amides is 2. The first-order valence-electron chi connectivity index (χ1n) is 10.2. The third-order valence-corrected chi connectivity index (χ3v) is 4.88. The van der Waals surface area contributed by atoms with Gasteiger partial charge in [0, 0.05) is 53.5 Å². The molecular formula is C21H34IN5O3. The molecule has 0 radical (unpaired) electrons. The Hall–Kier alpha value is -1.72. The quantitative estimate of drug-likeness (QED) is 0.141. The maximum Gasteiger partial charge on any atom is 0.261 e. The molecule has 0 aliphatic carbocycles. The van der Waals surface area contributed by atoms with Gasteiger partial charge in [-0.25, -0.2) is 0 Å². The van der Waals surface area contributed by atoms with Crippen LogP contribution in [0.5, 0.6) is 0 Å². The van der Waals surface area contributed by atoms with Gasteiger partial charge in [0.15, 0.2) is 5.96 Å². The number of nitrogens with one attached hydrogen (secondary N) is 2. The molecule has 2 rings (SSSR count). The van der Waals surface area contributed by atoms with Crippen LogP contribution in [0.25, 0.3) is 0 Å². The topological polar surface area (TPSA) is 86.3 Å². The number of unbranched alkanes of at least 4 members (excludes halogenated alkanes) is 1. The van der Waals surface area contributed by atoms with Gasteiger partial charge in [-0.1, -0.05) is 12.1 Å². The maximum atomic E-state index is 12.3. The van der Waals surface area contributed by atoms with Crippen LogP contribution in [0.3, 0.4) is 0 Å². The first-order valence-corrected chi connectivity index (χ1v) is 10.2. The van der Waals surface area contributed by atoms with Crippen molar-refractivity contribution in [1.82, 2.24) is 20.4 Å². The summed E-state index contributed by atoms with van der Waals surface area (Å²) in [6, 6.07) is 6.99. The van der Waals surface area contributed by atoms with E-state index in [1.165, 1.54) is 4.90 Å². The number of ether oxygens (including phenoxy) is 1. The number of fused-ring (bicyclic) bond motifs is 1. The highest BCUT2D eigenvalue weighted by Gasteiger charge is 2.34. The fourth-order valence-electron chi connectivity index (χ4n) is 3.22. The lowest BCUT2D eigenvalue weighted by molar-refractivity contribution is 0.0652. The van der Waals surface area contributed by atoms with E-state index in [0.29, 0.717) is 17.7 Å². The third kappa shape index (κ3) is 7.84. The van der Waals surface area contributed by atoms with Crippen molar-refractivity contribution < 1.29 is 14.3 Å². The summed E-state index contributed by atoms with van der Waals surface area (Å²) in [6.07, 6.45) is 2.61. The lowest BCUT2D eigenvalue weighted by atomic mass is 10.1. The van der Waals surface area contributed by atoms with Crippen molar-refractivity contribution in [2.24, 2.45) is 4.99 Å². The van der Waals surface area contributed by atoms with E-state index in [9.17, 15) is 9.59 Å². The van der Waals surface area contributed by atoms with Crippen LogP contribution in [-0.4, -0.2) is 88.1 Å². The zero-order chi connectivity index (χ0) is 21.1. The molecule has 1 aromatic rings. The predicted molar refractivity (Wildman–Crippen MR) is 130 cm³/mol. The summed E-state index contributed by atoms with van der Waals surface area (Å²) in [4.78, 5) is 32.5. The fourth-order valence-corrected chi connectivity index (χ4v) is 3.22. The largest absolute Gasteiger partial charge is 0.385 e. The van der Waals surface area contributed by atoms with E-state index < -0.39 is 0 Å². The van der Waals surface area contributed by atoms with E-state index >= 15 is 0 Å². The van der Waals surface area contributed by atoms with Crippen molar-refractivity contribution in [2.75, 3.05) is 60.5 Å². The van der Waals surface area contributed by atoms with Gasteiger partial charge in [0.05, 0.1) is 11.1 Å². The molecule has 30 heavy (non-hydrogen) atoms. The summed E-state index contributed by atoms with van der Waals surface area (Å²) in [6.45, 7) is 4.67. The molecule has 0 fully saturated rings. The minimum absolute atomic E-state index is 0. The molecule has 0 saturated carbocycles. The molecule has 0 unspecified atom stereocenters. The number of methoxy groups -OCH3 is 1. The van der Waals surface area contributed by atoms with Gasteiger partial charge in [-0.2, -0.15) is 0 Å². The smallest absolute Gasteiger partial charge is 0.261 e. The number of carbonyl (C=O) groups excluding carboxylic acids is 2. The molecule has 9 heteroatoms. The number of aliphatic imine (C=N–C) groups is 1. The second kappa shape index (κ2) is 14.3. The summed E-state index contributed by atoms with van der Waals surface area (Å²) >= 11 is 0. The second-order valence-electron chi connectivity index (χ2n) is 7.09. The Morgan fingerprint density at radius 2 is 1.67 bits per heavy atom. The number of halogens is 1. The summed E-state index contributed by atoms with van der Waals surface area (Å²) < 4.78 is 5.07. The van der Waals surface area contributed by atoms with Crippen LogP contribution < -0.4 is 10.6 Å². The van der Waals surface area contributed by atoms with Gasteiger partial charge in [0.1, 0.15) is 0 Å². The summed E-state index contributed by atoms with van der Waals surface area (Å²) in [7, 11) is 5.56. The minimum Gasteiger partial charge on any atom is -0.385 e. The number of benzene rings is 1. The number of hydrogen-bond donors (Lipinski definition) is 2. The Kier molecular flexibility index (Phi) is 12.6. The van der Waals surface area contributed by atoms with Crippen molar-refractivity contribution in [2.45, 2.75) is 19.3 Å². The number of imide groups is 1. The van der Waals surface area contributed by atoms with Crippen LogP contribution >= 0.6 is 24.0 Å².